The number of aliphatic hydroxyl groups is 1. The second kappa shape index (κ2) is 18.0. The van der Waals surface area contributed by atoms with Gasteiger partial charge < -0.3 is 33.7 Å². The Morgan fingerprint density at radius 2 is 1.68 bits per heavy atom. The molecule has 0 aromatic rings. The van der Waals surface area contributed by atoms with Crippen LogP contribution in [0, 0.1) is 29.6 Å². The van der Waals surface area contributed by atoms with E-state index in [1.807, 2.05) is 27.7 Å². The number of carbonyl (C=O) groups excluding carboxylic acids is 2. The van der Waals surface area contributed by atoms with E-state index in [0.29, 0.717) is 19.3 Å². The Bertz CT molecular complexity index is 969. The van der Waals surface area contributed by atoms with Crippen molar-refractivity contribution in [1.29, 1.82) is 0 Å². The zero-order valence-corrected chi connectivity index (χ0v) is 28.9. The highest BCUT2D eigenvalue weighted by Gasteiger charge is 2.45. The Hall–Kier alpha value is -1.56. The van der Waals surface area contributed by atoms with E-state index in [1.165, 1.54) is 0 Å². The van der Waals surface area contributed by atoms with Crippen molar-refractivity contribution in [3.63, 3.8) is 0 Å². The summed E-state index contributed by atoms with van der Waals surface area (Å²) in [6.07, 6.45) is 2.83. The number of cyclic esters (lactones) is 1. The number of aliphatic hydroxyl groups excluding tert-OH is 1. The van der Waals surface area contributed by atoms with Crippen LogP contribution >= 0.6 is 0 Å². The number of ether oxygens (including phenoxy) is 5. The predicted molar refractivity (Wildman–Crippen MR) is 172 cm³/mol. The highest BCUT2D eigenvalue weighted by atomic mass is 16.7. The van der Waals surface area contributed by atoms with Crippen LogP contribution in [0.15, 0.2) is 23.8 Å². The van der Waals surface area contributed by atoms with Gasteiger partial charge in [0.2, 0.25) is 0 Å². The summed E-state index contributed by atoms with van der Waals surface area (Å²) in [7, 11) is 13.6. The topological polar surface area (TPSA) is 104 Å². The van der Waals surface area contributed by atoms with Crippen LogP contribution in [0.25, 0.3) is 0 Å². The average Bonchev–Trinajstić information content (AvgIpc) is 2.96. The van der Waals surface area contributed by atoms with Gasteiger partial charge in [-0.3, -0.25) is 9.59 Å². The van der Waals surface area contributed by atoms with Gasteiger partial charge >= 0.3 is 5.97 Å². The van der Waals surface area contributed by atoms with Gasteiger partial charge in [0.15, 0.2) is 18.4 Å². The van der Waals surface area contributed by atoms with Crippen LogP contribution < -0.4 is 0 Å². The summed E-state index contributed by atoms with van der Waals surface area (Å²) in [5.41, 5.74) is 0.798. The number of methoxy groups -OCH3 is 2. The summed E-state index contributed by atoms with van der Waals surface area (Å²) < 4.78 is 30.3. The Morgan fingerprint density at radius 1 is 1.05 bits per heavy atom. The van der Waals surface area contributed by atoms with Gasteiger partial charge in [-0.1, -0.05) is 52.3 Å². The van der Waals surface area contributed by atoms with E-state index in [9.17, 15) is 14.7 Å². The van der Waals surface area contributed by atoms with Crippen LogP contribution in [0.4, 0.5) is 0 Å². The lowest BCUT2D eigenvalue weighted by molar-refractivity contribution is -0.280. The first-order valence-electron chi connectivity index (χ1n) is 16.2. The summed E-state index contributed by atoms with van der Waals surface area (Å²) in [5.74, 6) is -1.98. The molecule has 0 aliphatic carbocycles. The first kappa shape index (κ1) is 38.6. The van der Waals surface area contributed by atoms with Gasteiger partial charge in [-0.2, -0.15) is 0 Å². The van der Waals surface area contributed by atoms with Gasteiger partial charge in [0.1, 0.15) is 0 Å². The van der Waals surface area contributed by atoms with Crippen LogP contribution in [0.2, 0.25) is 5.82 Å². The molecule has 2 heterocycles. The lowest BCUT2D eigenvalue weighted by Gasteiger charge is -2.48. The van der Waals surface area contributed by atoms with Crippen molar-refractivity contribution in [2.45, 2.75) is 123 Å². The summed E-state index contributed by atoms with van der Waals surface area (Å²) in [5, 5.41) is 11.5. The molecule has 44 heavy (non-hydrogen) atoms. The number of esters is 1. The molecule has 0 spiro atoms. The van der Waals surface area contributed by atoms with Gasteiger partial charge in [-0.15, -0.1) is 0 Å². The minimum atomic E-state index is -1.08. The van der Waals surface area contributed by atoms with Crippen molar-refractivity contribution in [3.8, 4) is 0 Å². The number of rotatable bonds is 8. The fourth-order valence-corrected chi connectivity index (χ4v) is 6.83. The minimum absolute atomic E-state index is 0.00992. The number of hydrogen-bond donors (Lipinski definition) is 1. The van der Waals surface area contributed by atoms with E-state index in [4.69, 9.17) is 31.5 Å². The standard InChI is InChI=1S/C34H58BNO8/c1-12-29-26(35)15-19(2)13-14-27(37)20(3)16-25(17-31(40-10)41-11)33(22(5)28(38)18-30(39)43-29)44-34-23(6)32(36(8)9)21(4)24(7)42-34/h13-15,20-26,28-29,31-34,38H,12,16-18H2,1-11H3/b14-13+,19-15+/t20-,21-,22+,23-,24-,25-,26+,28-,29-,32+,33-,34+/m1/s1. The molecule has 1 fully saturated rings. The maximum Gasteiger partial charge on any atom is 0.308 e. The Morgan fingerprint density at radius 3 is 2.25 bits per heavy atom. The normalized spacial score (nSPS) is 40.5. The molecule has 0 saturated carbocycles. The highest BCUT2D eigenvalue weighted by molar-refractivity contribution is 6.13. The van der Waals surface area contributed by atoms with Crippen molar-refractivity contribution in [1.82, 2.24) is 4.90 Å². The summed E-state index contributed by atoms with van der Waals surface area (Å²) in [6, 6.07) is 0.200. The molecule has 0 aromatic carbocycles. The fraction of sp³-hybridized carbons (Fsp3) is 0.824. The van der Waals surface area contributed by atoms with Crippen LogP contribution in [0.1, 0.15) is 74.1 Å². The quantitative estimate of drug-likeness (QED) is 0.235. The summed E-state index contributed by atoms with van der Waals surface area (Å²) in [6.45, 7) is 13.9. The zero-order valence-electron chi connectivity index (χ0n) is 28.9. The molecule has 2 aliphatic rings. The number of ketones is 1. The Labute approximate surface area is 267 Å². The van der Waals surface area contributed by atoms with Crippen LogP contribution in [-0.4, -0.2) is 101 Å². The van der Waals surface area contributed by atoms with E-state index >= 15 is 0 Å². The van der Waals surface area contributed by atoms with Crippen molar-refractivity contribution in [2.75, 3.05) is 28.3 Å². The first-order valence-corrected chi connectivity index (χ1v) is 16.2. The summed E-state index contributed by atoms with van der Waals surface area (Å²) >= 11 is 0. The molecule has 2 rings (SSSR count). The van der Waals surface area contributed by atoms with Gasteiger partial charge in [0, 0.05) is 44.4 Å². The molecule has 2 aliphatic heterocycles. The third-order valence-electron chi connectivity index (χ3n) is 9.69. The van der Waals surface area contributed by atoms with Crippen LogP contribution in [0.5, 0.6) is 0 Å². The van der Waals surface area contributed by atoms with Crippen LogP contribution in [0.3, 0.4) is 0 Å². The maximum atomic E-state index is 13.4. The molecule has 0 bridgehead atoms. The van der Waals surface area contributed by atoms with Gasteiger partial charge in [-0.05, 0) is 64.5 Å². The fourth-order valence-electron chi connectivity index (χ4n) is 6.83. The predicted octanol–water partition coefficient (Wildman–Crippen LogP) is 4.72. The molecule has 9 nitrogen and oxygen atoms in total. The van der Waals surface area contributed by atoms with Gasteiger partial charge in [-0.25, -0.2) is 0 Å². The molecule has 1 saturated heterocycles. The molecule has 1 N–H and O–H groups in total. The molecule has 2 radical (unpaired) electrons. The van der Waals surface area contributed by atoms with Crippen molar-refractivity contribution in [3.05, 3.63) is 23.8 Å². The number of allylic oxidation sites excluding steroid dienone is 3. The lowest BCUT2D eigenvalue weighted by Crippen LogP contribution is -2.56. The van der Waals surface area contributed by atoms with E-state index in [0.717, 1.165) is 5.57 Å². The Kier molecular flexibility index (Phi) is 15.8. The van der Waals surface area contributed by atoms with E-state index < -0.39 is 48.6 Å². The monoisotopic (exact) mass is 619 g/mol. The SMILES string of the molecule is [B][C@H]1/C=C(C)/C=C/C(=O)[C@H](C)C[C@H](CC(OC)OC)[C@H](O[C@@H]2O[C@H](C)[C@@H](C)[C@H](N(C)C)[C@H]2C)[C@@H](C)[C@H](O)CC(=O)O[C@@H]1CC. The molecule has 250 valence electrons. The molecular weight excluding hydrogens is 561 g/mol. The lowest BCUT2D eigenvalue weighted by atomic mass is 9.78. The minimum Gasteiger partial charge on any atom is -0.462 e. The Balaban J connectivity index is 2.59. The molecule has 0 unspecified atom stereocenters. The van der Waals surface area contributed by atoms with E-state index in [1.54, 1.807) is 32.4 Å². The summed E-state index contributed by atoms with van der Waals surface area (Å²) in [4.78, 5) is 28.7. The largest absolute Gasteiger partial charge is 0.462 e. The smallest absolute Gasteiger partial charge is 0.308 e. The molecule has 0 aromatic heterocycles. The van der Waals surface area contributed by atoms with E-state index in [2.05, 4.69) is 39.8 Å². The second-order valence-electron chi connectivity index (χ2n) is 13.3. The van der Waals surface area contributed by atoms with Crippen LogP contribution in [-0.2, 0) is 33.3 Å². The third kappa shape index (κ3) is 10.5. The highest BCUT2D eigenvalue weighted by Crippen LogP contribution is 2.38. The first-order chi connectivity index (χ1) is 20.6. The third-order valence-corrected chi connectivity index (χ3v) is 9.69. The molecule has 0 amide bonds. The molecule has 10 heteroatoms. The van der Waals surface area contributed by atoms with Crippen molar-refractivity contribution >= 4 is 19.6 Å². The average molecular weight is 620 g/mol. The number of hydrogen-bond acceptors (Lipinski definition) is 9. The van der Waals surface area contributed by atoms with Crippen molar-refractivity contribution < 1.29 is 38.4 Å². The molecular formula is C34H58BNO8. The number of nitrogens with zero attached hydrogens (tertiary/aromatic N) is 1. The molecule has 12 atom stereocenters. The zero-order chi connectivity index (χ0) is 33.3. The van der Waals surface area contributed by atoms with Gasteiger partial charge in [0.05, 0.1) is 38.7 Å². The maximum absolute atomic E-state index is 13.4. The van der Waals surface area contributed by atoms with Crippen molar-refractivity contribution in [2.24, 2.45) is 29.6 Å². The van der Waals surface area contributed by atoms with Gasteiger partial charge in [0.25, 0.3) is 0 Å². The van der Waals surface area contributed by atoms with E-state index in [-0.39, 0.29) is 48.0 Å². The number of carbonyl (C=O) groups is 2. The second-order valence-corrected chi connectivity index (χ2v) is 13.3.